The Hall–Kier alpha value is -2.86. The molecule has 32 nitrogen and oxygen atoms in total. The Bertz CT molecular complexity index is 2190. The van der Waals surface area contributed by atoms with Crippen molar-refractivity contribution in [3.05, 3.63) is 42.5 Å². The Balaban J connectivity index is -0.0000000580. The smallest absolute Gasteiger partial charge is 0.444 e. The molecular formula is C72H160B4Cu8F16N24O8+4. The molecule has 0 aliphatic carbocycles. The van der Waals surface area contributed by atoms with Gasteiger partial charge < -0.3 is 193 Å². The molecule has 0 aromatic carbocycles. The van der Waals surface area contributed by atoms with Gasteiger partial charge in [0.2, 0.25) is 0 Å². The number of urea groups is 8. The zero-order valence-electron chi connectivity index (χ0n) is 84.5. The van der Waals surface area contributed by atoms with Gasteiger partial charge in [-0.3, -0.25) is 38.4 Å². The van der Waals surface area contributed by atoms with Crippen molar-refractivity contribution in [1.82, 2.24) is 81.7 Å². The molecule has 0 aliphatic rings. The van der Waals surface area contributed by atoms with Crippen LogP contribution in [0.1, 0.15) is 166 Å². The SMILES string of the molecule is CN(C)CC[N-]C(=O)NC(C)(C)C.CN(C)CC[N-]C(=O)NC(C)(C)C.CN(C)CC[N-]C(=O)NC(C)(C)C.CN(C)CC[N-]C(=O)NC(C)(C)C.CN(C)CC[N-]C(=O)NC(C)(C)C.CN(C)CC[N-]C(=O)NC(C)(C)C.CN(C)CC[N-]C(=O)NC(C)(C)C.CN(C)CC[N-]C(=O)NC(C)(C)C.F[B-](F)(F)F.F[B-](F)(F)F.F[B-](F)(F)F.F[B-](F)(F)F.[Cu+2].[Cu+2].[Cu+2].[Cu+2].[Cu+2].[Cu+2].[Cu+2].[Cu+2]. The van der Waals surface area contributed by atoms with Crippen LogP contribution in [0.15, 0.2) is 0 Å². The number of hydrogen-bond donors (Lipinski definition) is 8. The first-order valence-corrected chi connectivity index (χ1v) is 39.1. The van der Waals surface area contributed by atoms with Gasteiger partial charge >= 0.3 is 166 Å². The summed E-state index contributed by atoms with van der Waals surface area (Å²) in [5.74, 6) is 0. The summed E-state index contributed by atoms with van der Waals surface area (Å²) in [5, 5.41) is 53.0. The summed E-state index contributed by atoms with van der Waals surface area (Å²) in [4.78, 5) is 105. The van der Waals surface area contributed by atoms with Crippen LogP contribution >= 0.6 is 0 Å². The van der Waals surface area contributed by atoms with E-state index in [2.05, 4.69) is 85.1 Å². The van der Waals surface area contributed by atoms with Gasteiger partial charge in [-0.05, 0) is 262 Å². The van der Waals surface area contributed by atoms with Crippen molar-refractivity contribution in [3.8, 4) is 0 Å². The number of likely N-dealkylation sites (N-methyl/N-ethyl adjacent to an activating group) is 8. The summed E-state index contributed by atoms with van der Waals surface area (Å²) >= 11 is 0. The van der Waals surface area contributed by atoms with Gasteiger partial charge in [-0.15, -0.1) is 0 Å². The second-order valence-electron chi connectivity index (χ2n) is 36.9. The first-order chi connectivity index (χ1) is 54.5. The molecule has 16 amide bonds. The summed E-state index contributed by atoms with van der Waals surface area (Å²) in [5.41, 5.74) is -1.57. The van der Waals surface area contributed by atoms with E-state index in [0.29, 0.717) is 52.4 Å². The fraction of sp³-hybridized carbons (Fsp3) is 0.889. The maximum absolute atomic E-state index is 11.1. The normalized spacial score (nSPS) is 10.9. The number of carbonyl (C=O) groups is 8. The van der Waals surface area contributed by atoms with Crippen LogP contribution in [0.25, 0.3) is 42.5 Å². The van der Waals surface area contributed by atoms with Gasteiger partial charge in [0.1, 0.15) is 0 Å². The largest absolute Gasteiger partial charge is 2.00 e. The van der Waals surface area contributed by atoms with E-state index < -0.39 is 29.0 Å². The Morgan fingerprint density at radius 3 is 0.265 bits per heavy atom. The molecule has 0 unspecified atom stereocenters. The average molecular weight is 2350 g/mol. The van der Waals surface area contributed by atoms with Gasteiger partial charge in [0, 0.05) is 0 Å². The molecule has 0 atom stereocenters. The summed E-state index contributed by atoms with van der Waals surface area (Å²) in [6.07, 6.45) is 0. The van der Waals surface area contributed by atoms with Gasteiger partial charge in [0.15, 0.2) is 48.2 Å². The summed E-state index contributed by atoms with van der Waals surface area (Å²) in [7, 11) is 7.29. The number of nitrogens with zero attached hydrogens (tertiary/aromatic N) is 16. The maximum Gasteiger partial charge on any atom is 2.00 e. The molecule has 0 aliphatic heterocycles. The van der Waals surface area contributed by atoms with Crippen molar-refractivity contribution in [3.63, 3.8) is 0 Å². The monoisotopic (exact) mass is 2340 g/mol. The average Bonchev–Trinajstić information content (AvgIpc) is 0.985. The van der Waals surface area contributed by atoms with E-state index in [1.54, 1.807) is 0 Å². The van der Waals surface area contributed by atoms with E-state index in [1.165, 1.54) is 0 Å². The molecule has 0 aromatic rings. The van der Waals surface area contributed by atoms with Crippen molar-refractivity contribution in [2.24, 2.45) is 0 Å². The molecule has 0 fully saturated rings. The molecule has 0 spiro atoms. The van der Waals surface area contributed by atoms with E-state index in [9.17, 15) is 107 Å². The second kappa shape index (κ2) is 93.1. The molecular weight excluding hydrogens is 2180 g/mol. The fourth-order valence-electron chi connectivity index (χ4n) is 5.69. The maximum atomic E-state index is 11.1. The van der Waals surface area contributed by atoms with Crippen LogP contribution in [0.5, 0.6) is 0 Å². The Labute approximate surface area is 867 Å². The van der Waals surface area contributed by atoms with Gasteiger partial charge in [0.25, 0.3) is 0 Å². The van der Waals surface area contributed by atoms with Crippen LogP contribution in [0.2, 0.25) is 0 Å². The van der Waals surface area contributed by atoms with Crippen LogP contribution in [-0.4, -0.2) is 378 Å². The standard InChI is InChI=1S/8C9H21N3O.4BF4.8Cu/c8*1-9(2,3)11-8(13)10-6-7-12(4)5;4*2-1(3,4)5;;;;;;;;/h8*6-7H2,1-5H3,(H2,10,11,13);;;;;;;;;;;;/q;;;;;;;;4*-1;8*+2/p-8. The van der Waals surface area contributed by atoms with Crippen LogP contribution in [0, 0.1) is 0 Å². The van der Waals surface area contributed by atoms with Gasteiger partial charge in [-0.1, -0.05) is 166 Å². The minimum Gasteiger partial charge on any atom is -0.444 e. The fourth-order valence-corrected chi connectivity index (χ4v) is 5.69. The molecule has 0 bridgehead atoms. The van der Waals surface area contributed by atoms with Crippen molar-refractivity contribution in [1.29, 1.82) is 0 Å². The molecule has 0 heterocycles. The molecule has 0 aromatic heterocycles. The minimum atomic E-state index is -6.00. The number of carbonyl (C=O) groups excluding carboxylic acids is 8. The number of amides is 16. The molecule has 132 heavy (non-hydrogen) atoms. The molecule has 60 heteroatoms. The molecule has 0 saturated carbocycles. The predicted molar refractivity (Wildman–Crippen MR) is 481 cm³/mol. The van der Waals surface area contributed by atoms with Crippen LogP contribution in [0.3, 0.4) is 0 Å². The van der Waals surface area contributed by atoms with E-state index in [4.69, 9.17) is 0 Å². The Morgan fingerprint density at radius 1 is 0.174 bits per heavy atom. The van der Waals surface area contributed by atoms with Crippen molar-refractivity contribution in [2.45, 2.75) is 210 Å². The van der Waals surface area contributed by atoms with Crippen molar-refractivity contribution >= 4 is 77.3 Å². The number of hydrogen-bond acceptors (Lipinski definition) is 16. The summed E-state index contributed by atoms with van der Waals surface area (Å²) < 4.78 is 156. The molecule has 0 saturated heterocycles. The van der Waals surface area contributed by atoms with Crippen LogP contribution < -0.4 is 42.5 Å². The topological polar surface area (TPSA) is 372 Å². The van der Waals surface area contributed by atoms with Gasteiger partial charge in [-0.2, -0.15) is 0 Å². The predicted octanol–water partition coefficient (Wildman–Crippen LogP) is 16.6. The van der Waals surface area contributed by atoms with Gasteiger partial charge in [-0.25, -0.2) is 0 Å². The van der Waals surface area contributed by atoms with E-state index in [-0.39, 0.29) is 229 Å². The third kappa shape index (κ3) is 279. The molecule has 824 valence electrons. The summed E-state index contributed by atoms with van der Waals surface area (Å²) in [6, 6.07) is -1.82. The van der Waals surface area contributed by atoms with E-state index in [1.807, 2.05) is 318 Å². The van der Waals surface area contributed by atoms with E-state index >= 15 is 0 Å². The number of halogens is 16. The summed E-state index contributed by atoms with van der Waals surface area (Å²) in [6.45, 7) is 57.3. The van der Waals surface area contributed by atoms with E-state index in [0.717, 1.165) is 52.4 Å². The third-order valence-corrected chi connectivity index (χ3v) is 10.3. The van der Waals surface area contributed by atoms with Crippen molar-refractivity contribution in [2.75, 3.05) is 217 Å². The molecule has 0 rings (SSSR count). The third-order valence-electron chi connectivity index (χ3n) is 10.3. The Morgan fingerprint density at radius 2 is 0.227 bits per heavy atom. The Kier molecular flexibility index (Phi) is 126. The van der Waals surface area contributed by atoms with Crippen LogP contribution in [0.4, 0.5) is 107 Å². The van der Waals surface area contributed by atoms with Gasteiger partial charge in [0.05, 0.1) is 0 Å². The first kappa shape index (κ1) is 178. The zero-order chi connectivity index (χ0) is 102. The molecule has 8 N–H and O–H groups in total. The minimum absolute atomic E-state index is 0. The first-order valence-electron chi connectivity index (χ1n) is 39.1. The second-order valence-corrected chi connectivity index (χ2v) is 36.9. The van der Waals surface area contributed by atoms with Crippen molar-refractivity contribution < 1.29 is 244 Å². The number of nitrogens with one attached hydrogen (secondary N) is 8. The molecule has 8 radical (unpaired) electrons. The number of rotatable bonds is 24. The quantitative estimate of drug-likeness (QED) is 0.0329. The van der Waals surface area contributed by atoms with Crippen LogP contribution in [-0.2, 0) is 137 Å². The zero-order valence-corrected chi connectivity index (χ0v) is 92.0.